The van der Waals surface area contributed by atoms with Gasteiger partial charge in [-0.25, -0.2) is 0 Å². The summed E-state index contributed by atoms with van der Waals surface area (Å²) in [4.78, 5) is 0. The highest BCUT2D eigenvalue weighted by molar-refractivity contribution is 4.65. The smallest absolute Gasteiger partial charge is 0.0884 e. The highest BCUT2D eigenvalue weighted by Crippen LogP contribution is 2.20. The van der Waals surface area contributed by atoms with Crippen LogP contribution in [0.3, 0.4) is 0 Å². The number of hydrogen-bond acceptors (Lipinski definition) is 0. The molecule has 26 heavy (non-hydrogen) atoms. The van der Waals surface area contributed by atoms with E-state index in [1.165, 1.54) is 116 Å². The number of quaternary nitrogens is 1. The van der Waals surface area contributed by atoms with E-state index in [4.69, 9.17) is 0 Å². The Morgan fingerprint density at radius 3 is 1.38 bits per heavy atom. The molecular weight excluding hydrogens is 314 g/mol. The molecule has 0 aromatic carbocycles. The first-order chi connectivity index (χ1) is 12.5. The lowest BCUT2D eigenvalue weighted by atomic mass is 9.98. The van der Waals surface area contributed by atoms with E-state index in [2.05, 4.69) is 40.7 Å². The second kappa shape index (κ2) is 18.1. The van der Waals surface area contributed by atoms with Gasteiger partial charge in [0.15, 0.2) is 0 Å². The van der Waals surface area contributed by atoms with Crippen molar-refractivity contribution in [1.82, 2.24) is 0 Å². The molecule has 0 saturated heterocycles. The van der Waals surface area contributed by atoms with Crippen molar-refractivity contribution in [2.75, 3.05) is 21.1 Å². The summed E-state index contributed by atoms with van der Waals surface area (Å²) in [7, 11) is 7.19. The van der Waals surface area contributed by atoms with E-state index in [0.717, 1.165) is 10.5 Å². The summed E-state index contributed by atoms with van der Waals surface area (Å²) in [6.07, 6.45) is 27.5. The Kier molecular flexibility index (Phi) is 17.9. The molecule has 0 aliphatic heterocycles. The Hall–Kier alpha value is -0.300. The summed E-state index contributed by atoms with van der Waals surface area (Å²) in [5.74, 6) is 0. The van der Waals surface area contributed by atoms with Crippen LogP contribution in [0.15, 0.2) is 12.7 Å². The monoisotopic (exact) mass is 366 g/mol. The number of rotatable bonds is 20. The predicted molar refractivity (Wildman–Crippen MR) is 121 cm³/mol. The molecule has 0 saturated carbocycles. The molecule has 0 N–H and O–H groups in total. The van der Waals surface area contributed by atoms with Crippen LogP contribution in [0, 0.1) is 0 Å². The Morgan fingerprint density at radius 1 is 0.615 bits per heavy atom. The largest absolute Gasteiger partial charge is 0.328 e. The number of allylic oxidation sites excluding steroid dienone is 1. The second-order valence-corrected chi connectivity index (χ2v) is 9.37. The summed E-state index contributed by atoms with van der Waals surface area (Å²) in [6, 6.07) is 0.865. The van der Waals surface area contributed by atoms with Gasteiger partial charge in [-0.05, 0) is 38.5 Å². The number of unbranched alkanes of at least 4 members (excludes halogenated alkanes) is 14. The van der Waals surface area contributed by atoms with E-state index in [1.807, 2.05) is 0 Å². The van der Waals surface area contributed by atoms with E-state index >= 15 is 0 Å². The van der Waals surface area contributed by atoms with Crippen LogP contribution in [0.2, 0.25) is 0 Å². The molecule has 0 spiro atoms. The van der Waals surface area contributed by atoms with Crippen molar-refractivity contribution in [3.63, 3.8) is 0 Å². The lowest BCUT2D eigenvalue weighted by Gasteiger charge is -2.34. The molecule has 0 aromatic heterocycles. The molecule has 0 amide bonds. The molecular formula is C25H52N+. The SMILES string of the molecule is C=CCCCCCCCCCCC(CCCCCCCCC)[N+](C)(C)C. The molecule has 1 unspecified atom stereocenters. The quantitative estimate of drug-likeness (QED) is 0.115. The van der Waals surface area contributed by atoms with Crippen LogP contribution in [0.25, 0.3) is 0 Å². The molecule has 0 aliphatic rings. The van der Waals surface area contributed by atoms with Crippen molar-refractivity contribution in [2.45, 2.75) is 129 Å². The van der Waals surface area contributed by atoms with Gasteiger partial charge in [0.2, 0.25) is 0 Å². The van der Waals surface area contributed by atoms with Crippen molar-refractivity contribution < 1.29 is 4.48 Å². The van der Waals surface area contributed by atoms with Crippen molar-refractivity contribution in [1.29, 1.82) is 0 Å². The second-order valence-electron chi connectivity index (χ2n) is 9.37. The molecule has 156 valence electrons. The van der Waals surface area contributed by atoms with Crippen molar-refractivity contribution in [2.24, 2.45) is 0 Å². The predicted octanol–water partition coefficient (Wildman–Crippen LogP) is 8.29. The minimum atomic E-state index is 0.865. The lowest BCUT2D eigenvalue weighted by Crippen LogP contribution is -2.45. The van der Waals surface area contributed by atoms with Gasteiger partial charge >= 0.3 is 0 Å². The molecule has 1 heteroatoms. The maximum Gasteiger partial charge on any atom is 0.0884 e. The summed E-state index contributed by atoms with van der Waals surface area (Å²) >= 11 is 0. The minimum Gasteiger partial charge on any atom is -0.328 e. The zero-order chi connectivity index (χ0) is 19.5. The van der Waals surface area contributed by atoms with Crippen LogP contribution >= 0.6 is 0 Å². The first kappa shape index (κ1) is 25.7. The topological polar surface area (TPSA) is 0 Å². The highest BCUT2D eigenvalue weighted by Gasteiger charge is 2.22. The average Bonchev–Trinajstić information content (AvgIpc) is 2.59. The van der Waals surface area contributed by atoms with Gasteiger partial charge in [-0.1, -0.05) is 90.0 Å². The third-order valence-corrected chi connectivity index (χ3v) is 5.93. The summed E-state index contributed by atoms with van der Waals surface area (Å²) in [5.41, 5.74) is 0. The van der Waals surface area contributed by atoms with Crippen LogP contribution in [-0.2, 0) is 0 Å². The molecule has 0 fully saturated rings. The number of nitrogens with zero attached hydrogens (tertiary/aromatic N) is 1. The van der Waals surface area contributed by atoms with Crippen LogP contribution in [0.4, 0.5) is 0 Å². The molecule has 0 radical (unpaired) electrons. The van der Waals surface area contributed by atoms with E-state index < -0.39 is 0 Å². The average molecular weight is 367 g/mol. The highest BCUT2D eigenvalue weighted by atomic mass is 15.3. The normalized spacial score (nSPS) is 13.1. The van der Waals surface area contributed by atoms with Gasteiger partial charge in [-0.3, -0.25) is 0 Å². The molecule has 0 heterocycles. The standard InChI is InChI=1S/C25H52N/c1-6-8-10-12-14-15-16-18-20-22-24-25(26(3,4)5)23-21-19-17-13-11-9-7-2/h6,25H,1,7-24H2,2-5H3/q+1. The van der Waals surface area contributed by atoms with Crippen LogP contribution in [0.5, 0.6) is 0 Å². The number of hydrogen-bond donors (Lipinski definition) is 0. The minimum absolute atomic E-state index is 0.865. The van der Waals surface area contributed by atoms with Gasteiger partial charge in [0.1, 0.15) is 0 Å². The van der Waals surface area contributed by atoms with E-state index in [9.17, 15) is 0 Å². The third-order valence-electron chi connectivity index (χ3n) is 5.93. The van der Waals surface area contributed by atoms with Gasteiger partial charge in [0.25, 0.3) is 0 Å². The molecule has 0 bridgehead atoms. The molecule has 1 atom stereocenters. The zero-order valence-electron chi connectivity index (χ0n) is 19.0. The van der Waals surface area contributed by atoms with Crippen molar-refractivity contribution >= 4 is 0 Å². The van der Waals surface area contributed by atoms with Crippen LogP contribution < -0.4 is 0 Å². The zero-order valence-corrected chi connectivity index (χ0v) is 19.0. The Morgan fingerprint density at radius 2 is 1.00 bits per heavy atom. The summed E-state index contributed by atoms with van der Waals surface area (Å²) in [5, 5.41) is 0. The molecule has 0 aromatic rings. The first-order valence-electron chi connectivity index (χ1n) is 11.9. The third kappa shape index (κ3) is 17.1. The van der Waals surface area contributed by atoms with E-state index in [1.54, 1.807) is 0 Å². The fourth-order valence-electron chi connectivity index (χ4n) is 3.99. The Labute approximate surface area is 167 Å². The van der Waals surface area contributed by atoms with E-state index in [-0.39, 0.29) is 0 Å². The molecule has 0 aliphatic carbocycles. The van der Waals surface area contributed by atoms with Crippen molar-refractivity contribution in [3.05, 3.63) is 12.7 Å². The van der Waals surface area contributed by atoms with Crippen molar-refractivity contribution in [3.8, 4) is 0 Å². The maximum atomic E-state index is 3.80. The van der Waals surface area contributed by atoms with Crippen LogP contribution in [0.1, 0.15) is 122 Å². The molecule has 0 rings (SSSR count). The maximum absolute atomic E-state index is 3.80. The van der Waals surface area contributed by atoms with Gasteiger partial charge in [0, 0.05) is 0 Å². The fraction of sp³-hybridized carbons (Fsp3) is 0.920. The Bertz CT molecular complexity index is 289. The van der Waals surface area contributed by atoms with E-state index in [0.29, 0.717) is 0 Å². The lowest BCUT2D eigenvalue weighted by molar-refractivity contribution is -0.896. The van der Waals surface area contributed by atoms with Gasteiger partial charge in [0.05, 0.1) is 27.2 Å². The summed E-state index contributed by atoms with van der Waals surface area (Å²) in [6.45, 7) is 6.10. The van der Waals surface area contributed by atoms with Gasteiger partial charge in [-0.2, -0.15) is 0 Å². The first-order valence-corrected chi connectivity index (χ1v) is 11.9. The fourth-order valence-corrected chi connectivity index (χ4v) is 3.99. The Balaban J connectivity index is 3.64. The molecule has 1 nitrogen and oxygen atoms in total. The van der Waals surface area contributed by atoms with Gasteiger partial charge in [-0.15, -0.1) is 6.58 Å². The van der Waals surface area contributed by atoms with Gasteiger partial charge < -0.3 is 4.48 Å². The van der Waals surface area contributed by atoms with Crippen LogP contribution in [-0.4, -0.2) is 31.7 Å². The summed E-state index contributed by atoms with van der Waals surface area (Å²) < 4.78 is 1.15.